The number of hydrogen-bond acceptors (Lipinski definition) is 1. The molecule has 0 amide bonds. The van der Waals surface area contributed by atoms with Gasteiger partial charge in [-0.2, -0.15) is 0 Å². The molecule has 1 atom stereocenters. The summed E-state index contributed by atoms with van der Waals surface area (Å²) in [5.41, 5.74) is 7.20. The van der Waals surface area contributed by atoms with Crippen LogP contribution in [0.25, 0.3) is 10.8 Å². The summed E-state index contributed by atoms with van der Waals surface area (Å²) in [6.45, 7) is 2.01. The second-order valence-electron chi connectivity index (χ2n) is 3.64. The largest absolute Gasteiger partial charge is 0.313 e. The molecule has 0 heterocycles. The Hall–Kier alpha value is -0.610. The highest BCUT2D eigenvalue weighted by atomic mass is 127. The number of benzene rings is 2. The molecule has 0 bridgehead atoms. The highest BCUT2D eigenvalue weighted by Gasteiger charge is 2.15. The van der Waals surface area contributed by atoms with Gasteiger partial charge in [0.15, 0.2) is 0 Å². The lowest BCUT2D eigenvalue weighted by molar-refractivity contribution is 0.781. The van der Waals surface area contributed by atoms with E-state index in [4.69, 9.17) is 5.73 Å². The van der Waals surface area contributed by atoms with Crippen LogP contribution in [0.5, 0.6) is 0 Å². The first-order chi connectivity index (χ1) is 6.57. The van der Waals surface area contributed by atoms with Crippen molar-refractivity contribution in [2.24, 2.45) is 5.73 Å². The van der Waals surface area contributed by atoms with Crippen LogP contribution in [0, 0.1) is 0 Å². The van der Waals surface area contributed by atoms with E-state index in [1.807, 2.05) is 19.1 Å². The first kappa shape index (κ1) is 9.93. The van der Waals surface area contributed by atoms with Crippen molar-refractivity contribution in [1.82, 2.24) is 0 Å². The van der Waals surface area contributed by atoms with Crippen LogP contribution in [0.2, 0.25) is 0 Å². The summed E-state index contributed by atoms with van der Waals surface area (Å²) < 4.78 is -0.290. The lowest BCUT2D eigenvalue weighted by Gasteiger charge is -2.17. The SMILES string of the molecule is C[C@@](N)(I)c1ccc2ccccc2c1. The minimum absolute atomic E-state index is 0.290. The molecule has 0 unspecified atom stereocenters. The van der Waals surface area contributed by atoms with Gasteiger partial charge in [0.05, 0.1) is 3.55 Å². The van der Waals surface area contributed by atoms with Gasteiger partial charge >= 0.3 is 0 Å². The molecular weight excluding hydrogens is 285 g/mol. The van der Waals surface area contributed by atoms with Crippen LogP contribution in [-0.4, -0.2) is 0 Å². The topological polar surface area (TPSA) is 26.0 Å². The van der Waals surface area contributed by atoms with Gasteiger partial charge in [-0.25, -0.2) is 0 Å². The lowest BCUT2D eigenvalue weighted by Crippen LogP contribution is -2.24. The van der Waals surface area contributed by atoms with E-state index in [1.54, 1.807) is 0 Å². The fourth-order valence-electron chi connectivity index (χ4n) is 1.49. The molecule has 2 N–H and O–H groups in total. The smallest absolute Gasteiger partial charge is 0.0906 e. The van der Waals surface area contributed by atoms with Gasteiger partial charge in [-0.1, -0.05) is 59.0 Å². The average molecular weight is 297 g/mol. The van der Waals surface area contributed by atoms with Crippen LogP contribution in [0.1, 0.15) is 12.5 Å². The maximum absolute atomic E-state index is 6.03. The minimum atomic E-state index is -0.290. The molecule has 2 aromatic rings. The highest BCUT2D eigenvalue weighted by Crippen LogP contribution is 2.27. The lowest BCUT2D eigenvalue weighted by atomic mass is 10.0. The second kappa shape index (κ2) is 3.51. The van der Waals surface area contributed by atoms with Crippen molar-refractivity contribution < 1.29 is 0 Å². The van der Waals surface area contributed by atoms with Crippen LogP contribution >= 0.6 is 22.6 Å². The summed E-state index contributed by atoms with van der Waals surface area (Å²) in [6.07, 6.45) is 0. The van der Waals surface area contributed by atoms with Crippen LogP contribution < -0.4 is 5.73 Å². The van der Waals surface area contributed by atoms with Gasteiger partial charge < -0.3 is 5.73 Å². The van der Waals surface area contributed by atoms with Crippen LogP contribution in [0.4, 0.5) is 0 Å². The monoisotopic (exact) mass is 297 g/mol. The third kappa shape index (κ3) is 1.91. The Labute approximate surface area is 97.4 Å². The quantitative estimate of drug-likeness (QED) is 0.487. The van der Waals surface area contributed by atoms with Crippen LogP contribution in [0.15, 0.2) is 42.5 Å². The molecule has 1 nitrogen and oxygen atoms in total. The third-order valence-electron chi connectivity index (χ3n) is 2.31. The molecule has 0 fully saturated rings. The molecule has 0 spiro atoms. The molecule has 0 radical (unpaired) electrons. The molecule has 0 aromatic heterocycles. The first-order valence-corrected chi connectivity index (χ1v) is 5.62. The summed E-state index contributed by atoms with van der Waals surface area (Å²) in [5, 5.41) is 2.51. The van der Waals surface area contributed by atoms with Gasteiger partial charge in [0, 0.05) is 0 Å². The normalized spacial score (nSPS) is 15.4. The second-order valence-corrected chi connectivity index (χ2v) is 5.88. The average Bonchev–Trinajstić information content (AvgIpc) is 2.16. The summed E-state index contributed by atoms with van der Waals surface area (Å²) in [6, 6.07) is 14.7. The fourth-order valence-corrected chi connectivity index (χ4v) is 1.83. The van der Waals surface area contributed by atoms with Gasteiger partial charge in [0.1, 0.15) is 0 Å². The van der Waals surface area contributed by atoms with E-state index < -0.39 is 0 Å². The molecule has 2 heteroatoms. The molecule has 0 saturated heterocycles. The van der Waals surface area contributed by atoms with E-state index >= 15 is 0 Å². The number of hydrogen-bond donors (Lipinski definition) is 1. The number of alkyl halides is 1. The van der Waals surface area contributed by atoms with Crippen LogP contribution in [0.3, 0.4) is 0 Å². The Morgan fingerprint density at radius 1 is 1.07 bits per heavy atom. The zero-order valence-corrected chi connectivity index (χ0v) is 10.2. The zero-order valence-electron chi connectivity index (χ0n) is 8.00. The molecule has 0 saturated carbocycles. The third-order valence-corrected chi connectivity index (χ3v) is 2.94. The zero-order chi connectivity index (χ0) is 10.2. The standard InChI is InChI=1S/C12H12IN/c1-12(13,14)11-7-6-9-4-2-3-5-10(9)8-11/h2-8H,14H2,1H3/t12-/m0/s1. The molecule has 2 aromatic carbocycles. The Bertz CT molecular complexity index is 457. The number of halogens is 1. The number of rotatable bonds is 1. The molecule has 0 aliphatic heterocycles. The van der Waals surface area contributed by atoms with Gasteiger partial charge in [-0.3, -0.25) is 0 Å². The number of fused-ring (bicyclic) bond motifs is 1. The summed E-state index contributed by atoms with van der Waals surface area (Å²) in [5.74, 6) is 0. The van der Waals surface area contributed by atoms with E-state index in [0.717, 1.165) is 5.56 Å². The first-order valence-electron chi connectivity index (χ1n) is 4.54. The van der Waals surface area contributed by atoms with Crippen molar-refractivity contribution in [1.29, 1.82) is 0 Å². The van der Waals surface area contributed by atoms with Crippen molar-refractivity contribution in [3.05, 3.63) is 48.0 Å². The highest BCUT2D eigenvalue weighted by molar-refractivity contribution is 14.1. The summed E-state index contributed by atoms with van der Waals surface area (Å²) >= 11 is 2.25. The van der Waals surface area contributed by atoms with Crippen molar-refractivity contribution in [2.45, 2.75) is 10.5 Å². The molecule has 14 heavy (non-hydrogen) atoms. The van der Waals surface area contributed by atoms with E-state index in [-0.39, 0.29) is 3.55 Å². The minimum Gasteiger partial charge on any atom is -0.313 e. The van der Waals surface area contributed by atoms with Crippen molar-refractivity contribution >= 4 is 33.4 Å². The van der Waals surface area contributed by atoms with E-state index in [1.165, 1.54) is 10.8 Å². The molecule has 0 aliphatic rings. The van der Waals surface area contributed by atoms with Gasteiger partial charge in [-0.05, 0) is 29.3 Å². The van der Waals surface area contributed by atoms with Gasteiger partial charge in [0.25, 0.3) is 0 Å². The predicted octanol–water partition coefficient (Wildman–Crippen LogP) is 3.41. The van der Waals surface area contributed by atoms with Crippen molar-refractivity contribution in [2.75, 3.05) is 0 Å². The predicted molar refractivity (Wildman–Crippen MR) is 69.5 cm³/mol. The van der Waals surface area contributed by atoms with Gasteiger partial charge in [-0.15, -0.1) is 0 Å². The Balaban J connectivity index is 2.63. The Morgan fingerprint density at radius 3 is 2.36 bits per heavy atom. The van der Waals surface area contributed by atoms with Crippen LogP contribution in [-0.2, 0) is 3.55 Å². The number of nitrogens with two attached hydrogens (primary N) is 1. The van der Waals surface area contributed by atoms with E-state index in [2.05, 4.69) is 52.9 Å². The summed E-state index contributed by atoms with van der Waals surface area (Å²) in [4.78, 5) is 0. The van der Waals surface area contributed by atoms with Crippen molar-refractivity contribution in [3.8, 4) is 0 Å². The van der Waals surface area contributed by atoms with E-state index in [0.29, 0.717) is 0 Å². The molecule has 0 aliphatic carbocycles. The Kier molecular flexibility index (Phi) is 2.49. The van der Waals surface area contributed by atoms with Gasteiger partial charge in [0.2, 0.25) is 0 Å². The molecule has 72 valence electrons. The maximum atomic E-state index is 6.03. The molecule has 2 rings (SSSR count). The van der Waals surface area contributed by atoms with E-state index in [9.17, 15) is 0 Å². The molecular formula is C12H12IN. The maximum Gasteiger partial charge on any atom is 0.0906 e. The summed E-state index contributed by atoms with van der Waals surface area (Å²) in [7, 11) is 0. The fraction of sp³-hybridized carbons (Fsp3) is 0.167. The Morgan fingerprint density at radius 2 is 1.71 bits per heavy atom. The van der Waals surface area contributed by atoms with Crippen molar-refractivity contribution in [3.63, 3.8) is 0 Å².